The maximum Gasteiger partial charge on any atom is 0.295 e. The molecule has 4 aromatic rings. The Kier molecular flexibility index (Phi) is 5.94. The molecule has 36 heavy (non-hydrogen) atoms. The number of carbonyl (C=O) groups excluding carboxylic acids is 2. The van der Waals surface area contributed by atoms with E-state index >= 15 is 0 Å². The molecular formula is C29H27N3O4. The normalized spacial score (nSPS) is 17.8. The van der Waals surface area contributed by atoms with Gasteiger partial charge in [-0.1, -0.05) is 42.5 Å². The number of amides is 1. The highest BCUT2D eigenvalue weighted by Crippen LogP contribution is 2.40. The van der Waals surface area contributed by atoms with Gasteiger partial charge in [-0.2, -0.15) is 0 Å². The van der Waals surface area contributed by atoms with Crippen LogP contribution in [0.4, 0.5) is 0 Å². The van der Waals surface area contributed by atoms with E-state index in [2.05, 4.69) is 9.97 Å². The van der Waals surface area contributed by atoms with Gasteiger partial charge in [-0.25, -0.2) is 0 Å². The fourth-order valence-corrected chi connectivity index (χ4v) is 4.77. The second-order valence-corrected chi connectivity index (χ2v) is 9.52. The highest BCUT2D eigenvalue weighted by Gasteiger charge is 2.46. The Labute approximate surface area is 208 Å². The van der Waals surface area contributed by atoms with Gasteiger partial charge in [-0.3, -0.25) is 14.6 Å². The van der Waals surface area contributed by atoms with Crippen molar-refractivity contribution in [1.29, 1.82) is 0 Å². The summed E-state index contributed by atoms with van der Waals surface area (Å²) in [6.45, 7) is 3.67. The van der Waals surface area contributed by atoms with E-state index in [0.29, 0.717) is 23.1 Å². The largest absolute Gasteiger partial charge is 0.507 e. The summed E-state index contributed by atoms with van der Waals surface area (Å²) in [5.41, 5.74) is 2.78. The van der Waals surface area contributed by atoms with Crippen molar-refractivity contribution in [2.45, 2.75) is 31.9 Å². The predicted octanol–water partition coefficient (Wildman–Crippen LogP) is 4.45. The molecule has 1 saturated heterocycles. The number of H-pyrrole nitrogens is 1. The first-order chi connectivity index (χ1) is 17.3. The first-order valence-electron chi connectivity index (χ1n) is 11.8. The van der Waals surface area contributed by atoms with Crippen LogP contribution in [0.2, 0.25) is 0 Å². The summed E-state index contributed by atoms with van der Waals surface area (Å²) in [5.74, 6) is -1.64. The molecule has 3 N–H and O–H groups in total. The van der Waals surface area contributed by atoms with Crippen molar-refractivity contribution in [1.82, 2.24) is 14.9 Å². The number of hydrogen-bond donors (Lipinski definition) is 3. The van der Waals surface area contributed by atoms with E-state index < -0.39 is 23.3 Å². The summed E-state index contributed by atoms with van der Waals surface area (Å²) >= 11 is 0. The second-order valence-electron chi connectivity index (χ2n) is 9.52. The lowest BCUT2D eigenvalue weighted by Gasteiger charge is -2.26. The van der Waals surface area contributed by atoms with Crippen LogP contribution in [0.1, 0.15) is 42.1 Å². The molecule has 2 aromatic carbocycles. The van der Waals surface area contributed by atoms with Crippen LogP contribution < -0.4 is 0 Å². The molecule has 1 unspecified atom stereocenters. The SMILES string of the molecule is CC(C)(O)c1ccc(C2C(=C(O)c3cccnc3)C(=O)C(=O)N2CCc2c[nH]c3ccccc23)cc1. The van der Waals surface area contributed by atoms with Crippen LogP contribution in [0.25, 0.3) is 16.7 Å². The fourth-order valence-electron chi connectivity index (χ4n) is 4.77. The molecule has 1 atom stereocenters. The molecule has 1 amide bonds. The lowest BCUT2D eigenvalue weighted by molar-refractivity contribution is -0.139. The Morgan fingerprint density at radius 3 is 2.50 bits per heavy atom. The quantitative estimate of drug-likeness (QED) is 0.214. The van der Waals surface area contributed by atoms with Gasteiger partial charge in [0.1, 0.15) is 5.76 Å². The van der Waals surface area contributed by atoms with E-state index in [1.165, 1.54) is 11.1 Å². The number of aliphatic hydroxyl groups is 2. The highest BCUT2D eigenvalue weighted by molar-refractivity contribution is 6.46. The number of fused-ring (bicyclic) bond motifs is 1. The number of rotatable bonds is 6. The standard InChI is InChI=1S/C29H27N3O4/c1-29(2,36)21-11-9-18(10-12-21)25-24(26(33)20-6-5-14-30-16-20)27(34)28(35)32(25)15-13-19-17-31-23-8-4-3-7-22(19)23/h3-12,14,16-17,25,31,33,36H,13,15H2,1-2H3. The van der Waals surface area contributed by atoms with Crippen molar-refractivity contribution in [3.05, 3.63) is 107 Å². The summed E-state index contributed by atoms with van der Waals surface area (Å²) in [7, 11) is 0. The molecule has 0 radical (unpaired) electrons. The number of hydrogen-bond acceptors (Lipinski definition) is 5. The molecule has 0 saturated carbocycles. The number of likely N-dealkylation sites (tertiary alicyclic amines) is 1. The van der Waals surface area contributed by atoms with Crippen LogP contribution >= 0.6 is 0 Å². The first-order valence-corrected chi connectivity index (χ1v) is 11.8. The average Bonchev–Trinajstić information content (AvgIpc) is 3.41. The predicted molar refractivity (Wildman–Crippen MR) is 137 cm³/mol. The number of Topliss-reactive ketones (excluding diaryl/α,β-unsaturated/α-hetero) is 1. The van der Waals surface area contributed by atoms with E-state index in [1.807, 2.05) is 30.5 Å². The van der Waals surface area contributed by atoms with E-state index in [1.54, 1.807) is 56.4 Å². The van der Waals surface area contributed by atoms with Crippen molar-refractivity contribution in [3.63, 3.8) is 0 Å². The van der Waals surface area contributed by atoms with Gasteiger partial charge in [-0.05, 0) is 55.2 Å². The minimum absolute atomic E-state index is 0.0305. The molecule has 1 aliphatic rings. The Morgan fingerprint density at radius 1 is 1.06 bits per heavy atom. The van der Waals surface area contributed by atoms with Gasteiger partial charge in [0.15, 0.2) is 0 Å². The summed E-state index contributed by atoms with van der Waals surface area (Å²) < 4.78 is 0. The lowest BCUT2D eigenvalue weighted by atomic mass is 9.92. The zero-order valence-corrected chi connectivity index (χ0v) is 20.1. The van der Waals surface area contributed by atoms with Gasteiger partial charge in [0.2, 0.25) is 0 Å². The number of para-hydroxylation sites is 1. The van der Waals surface area contributed by atoms with Gasteiger partial charge in [-0.15, -0.1) is 0 Å². The zero-order valence-electron chi connectivity index (χ0n) is 20.1. The van der Waals surface area contributed by atoms with Crippen LogP contribution in [-0.2, 0) is 21.6 Å². The van der Waals surface area contributed by atoms with Crippen LogP contribution in [-0.4, -0.2) is 43.3 Å². The molecule has 1 aliphatic heterocycles. The van der Waals surface area contributed by atoms with Crippen molar-refractivity contribution < 1.29 is 19.8 Å². The van der Waals surface area contributed by atoms with Crippen LogP contribution in [0, 0.1) is 0 Å². The summed E-state index contributed by atoms with van der Waals surface area (Å²) in [4.78, 5) is 35.3. The number of nitrogens with zero attached hydrogens (tertiary/aromatic N) is 2. The summed E-state index contributed by atoms with van der Waals surface area (Å²) in [6.07, 6.45) is 5.48. The molecule has 0 bridgehead atoms. The summed E-state index contributed by atoms with van der Waals surface area (Å²) in [6, 6.07) is 17.6. The lowest BCUT2D eigenvalue weighted by Crippen LogP contribution is -2.31. The maximum absolute atomic E-state index is 13.3. The fraction of sp³-hybridized carbons (Fsp3) is 0.207. The van der Waals surface area contributed by atoms with Gasteiger partial charge < -0.3 is 20.1 Å². The van der Waals surface area contributed by atoms with Gasteiger partial charge in [0, 0.05) is 41.6 Å². The van der Waals surface area contributed by atoms with Gasteiger partial charge in [0.05, 0.1) is 17.2 Å². The molecule has 5 rings (SSSR count). The van der Waals surface area contributed by atoms with E-state index in [-0.39, 0.29) is 17.9 Å². The molecule has 1 fully saturated rings. The van der Waals surface area contributed by atoms with Crippen LogP contribution in [0.5, 0.6) is 0 Å². The first kappa shape index (κ1) is 23.5. The van der Waals surface area contributed by atoms with Crippen molar-refractivity contribution in [2.75, 3.05) is 6.54 Å². The van der Waals surface area contributed by atoms with E-state index in [0.717, 1.165) is 16.5 Å². The van der Waals surface area contributed by atoms with E-state index in [9.17, 15) is 19.8 Å². The average molecular weight is 482 g/mol. The summed E-state index contributed by atoms with van der Waals surface area (Å²) in [5, 5.41) is 22.6. The van der Waals surface area contributed by atoms with Crippen molar-refractivity contribution >= 4 is 28.4 Å². The number of carbonyl (C=O) groups is 2. The monoisotopic (exact) mass is 481 g/mol. The van der Waals surface area contributed by atoms with E-state index in [4.69, 9.17) is 0 Å². The Morgan fingerprint density at radius 2 is 1.81 bits per heavy atom. The Bertz CT molecular complexity index is 1460. The number of nitrogens with one attached hydrogen (secondary N) is 1. The number of ketones is 1. The second kappa shape index (κ2) is 9.09. The number of aliphatic hydroxyl groups excluding tert-OH is 1. The van der Waals surface area contributed by atoms with Crippen LogP contribution in [0.3, 0.4) is 0 Å². The molecule has 182 valence electrons. The zero-order chi connectivity index (χ0) is 25.4. The van der Waals surface area contributed by atoms with Crippen LogP contribution in [0.15, 0.2) is 84.8 Å². The molecule has 7 heteroatoms. The van der Waals surface area contributed by atoms with Crippen molar-refractivity contribution in [3.8, 4) is 0 Å². The molecule has 2 aromatic heterocycles. The molecular weight excluding hydrogens is 454 g/mol. The third-order valence-corrected chi connectivity index (χ3v) is 6.70. The molecule has 0 aliphatic carbocycles. The Balaban J connectivity index is 1.56. The highest BCUT2D eigenvalue weighted by atomic mass is 16.3. The number of pyridine rings is 1. The maximum atomic E-state index is 13.3. The molecule has 7 nitrogen and oxygen atoms in total. The van der Waals surface area contributed by atoms with Gasteiger partial charge in [0.25, 0.3) is 11.7 Å². The Hall–Kier alpha value is -4.23. The number of aromatic nitrogens is 2. The topological polar surface area (TPSA) is 107 Å². The smallest absolute Gasteiger partial charge is 0.295 e. The number of aromatic amines is 1. The molecule has 0 spiro atoms. The minimum atomic E-state index is -1.04. The third kappa shape index (κ3) is 4.18. The minimum Gasteiger partial charge on any atom is -0.507 e. The molecule has 3 heterocycles. The number of benzene rings is 2. The third-order valence-electron chi connectivity index (χ3n) is 6.70. The van der Waals surface area contributed by atoms with Gasteiger partial charge >= 0.3 is 0 Å². The van der Waals surface area contributed by atoms with Crippen molar-refractivity contribution in [2.24, 2.45) is 0 Å².